The lowest BCUT2D eigenvalue weighted by molar-refractivity contribution is 0.297. The SMILES string of the molecule is OCCN(c1nc2ccccc2s1)C1CCCC1. The Labute approximate surface area is 111 Å². The summed E-state index contributed by atoms with van der Waals surface area (Å²) >= 11 is 1.74. The molecule has 0 bridgehead atoms. The van der Waals surface area contributed by atoms with Crippen molar-refractivity contribution in [3.63, 3.8) is 0 Å². The number of aliphatic hydroxyl groups excluding tert-OH is 1. The summed E-state index contributed by atoms with van der Waals surface area (Å²) in [5.41, 5.74) is 1.07. The Morgan fingerprint density at radius 2 is 2.06 bits per heavy atom. The zero-order valence-corrected chi connectivity index (χ0v) is 11.2. The minimum Gasteiger partial charge on any atom is -0.395 e. The van der Waals surface area contributed by atoms with Gasteiger partial charge in [0.25, 0.3) is 0 Å². The Morgan fingerprint density at radius 1 is 1.28 bits per heavy atom. The number of aliphatic hydroxyl groups is 1. The van der Waals surface area contributed by atoms with E-state index in [0.29, 0.717) is 12.6 Å². The number of para-hydroxylation sites is 1. The molecule has 3 nitrogen and oxygen atoms in total. The van der Waals surface area contributed by atoms with Crippen LogP contribution in [0.25, 0.3) is 10.2 Å². The summed E-state index contributed by atoms with van der Waals surface area (Å²) in [7, 11) is 0. The van der Waals surface area contributed by atoms with E-state index in [1.165, 1.54) is 30.4 Å². The quantitative estimate of drug-likeness (QED) is 0.920. The number of nitrogens with zero attached hydrogens (tertiary/aromatic N) is 2. The van der Waals surface area contributed by atoms with Crippen molar-refractivity contribution in [1.82, 2.24) is 4.98 Å². The van der Waals surface area contributed by atoms with E-state index in [0.717, 1.165) is 10.6 Å². The second-order valence-corrected chi connectivity index (χ2v) is 5.83. The van der Waals surface area contributed by atoms with Crippen molar-refractivity contribution in [2.45, 2.75) is 31.7 Å². The van der Waals surface area contributed by atoms with Crippen LogP contribution in [0.2, 0.25) is 0 Å². The molecule has 2 aromatic rings. The van der Waals surface area contributed by atoms with Crippen LogP contribution in [0.15, 0.2) is 24.3 Å². The van der Waals surface area contributed by atoms with Crippen LogP contribution in [-0.4, -0.2) is 29.3 Å². The predicted molar refractivity (Wildman–Crippen MR) is 76.3 cm³/mol. The van der Waals surface area contributed by atoms with E-state index in [4.69, 9.17) is 4.98 Å². The van der Waals surface area contributed by atoms with Crippen molar-refractivity contribution in [3.05, 3.63) is 24.3 Å². The molecule has 1 aromatic carbocycles. The highest BCUT2D eigenvalue weighted by Crippen LogP contribution is 2.33. The third-order valence-corrected chi connectivity index (χ3v) is 4.71. The van der Waals surface area contributed by atoms with Gasteiger partial charge in [-0.2, -0.15) is 0 Å². The maximum atomic E-state index is 9.27. The molecular formula is C14H18N2OS. The predicted octanol–water partition coefficient (Wildman–Crippen LogP) is 3.04. The largest absolute Gasteiger partial charge is 0.395 e. The summed E-state index contributed by atoms with van der Waals surface area (Å²) < 4.78 is 1.23. The summed E-state index contributed by atoms with van der Waals surface area (Å²) in [5, 5.41) is 10.3. The van der Waals surface area contributed by atoms with Gasteiger partial charge in [-0.1, -0.05) is 36.3 Å². The lowest BCUT2D eigenvalue weighted by Crippen LogP contribution is -2.35. The highest BCUT2D eigenvalue weighted by Gasteiger charge is 2.24. The normalized spacial score (nSPS) is 16.5. The van der Waals surface area contributed by atoms with E-state index in [9.17, 15) is 5.11 Å². The molecule has 0 aliphatic heterocycles. The van der Waals surface area contributed by atoms with Crippen LogP contribution in [-0.2, 0) is 0 Å². The molecule has 0 spiro atoms. The van der Waals surface area contributed by atoms with Crippen LogP contribution in [0, 0.1) is 0 Å². The minimum absolute atomic E-state index is 0.201. The number of benzene rings is 1. The third-order valence-electron chi connectivity index (χ3n) is 3.63. The number of fused-ring (bicyclic) bond motifs is 1. The molecule has 1 fully saturated rings. The van der Waals surface area contributed by atoms with E-state index in [-0.39, 0.29) is 6.61 Å². The summed E-state index contributed by atoms with van der Waals surface area (Å²) in [5.74, 6) is 0. The molecule has 1 heterocycles. The van der Waals surface area contributed by atoms with E-state index in [1.807, 2.05) is 6.07 Å². The summed E-state index contributed by atoms with van der Waals surface area (Å²) in [6.07, 6.45) is 5.07. The van der Waals surface area contributed by atoms with Crippen molar-refractivity contribution < 1.29 is 5.11 Å². The molecule has 1 saturated carbocycles. The molecule has 1 aliphatic carbocycles. The van der Waals surface area contributed by atoms with Gasteiger partial charge in [0.2, 0.25) is 0 Å². The average molecular weight is 262 g/mol. The fourth-order valence-corrected chi connectivity index (χ4v) is 3.80. The van der Waals surface area contributed by atoms with Gasteiger partial charge < -0.3 is 10.0 Å². The fourth-order valence-electron chi connectivity index (χ4n) is 2.74. The summed E-state index contributed by atoms with van der Waals surface area (Å²) in [6, 6.07) is 8.81. The Kier molecular flexibility index (Phi) is 3.48. The minimum atomic E-state index is 0.201. The fraction of sp³-hybridized carbons (Fsp3) is 0.500. The standard InChI is InChI=1S/C14H18N2OS/c17-10-9-16(11-5-1-2-6-11)14-15-12-7-3-4-8-13(12)18-14/h3-4,7-8,11,17H,1-2,5-6,9-10H2. The molecule has 0 radical (unpaired) electrons. The van der Waals surface area contributed by atoms with E-state index in [2.05, 4.69) is 23.1 Å². The Balaban J connectivity index is 1.92. The number of hydrogen-bond acceptors (Lipinski definition) is 4. The van der Waals surface area contributed by atoms with Gasteiger partial charge in [-0.15, -0.1) is 0 Å². The molecule has 4 heteroatoms. The topological polar surface area (TPSA) is 36.4 Å². The highest BCUT2D eigenvalue weighted by atomic mass is 32.1. The molecule has 1 aromatic heterocycles. The van der Waals surface area contributed by atoms with Gasteiger partial charge in [-0.25, -0.2) is 4.98 Å². The van der Waals surface area contributed by atoms with Gasteiger partial charge >= 0.3 is 0 Å². The number of aromatic nitrogens is 1. The maximum absolute atomic E-state index is 9.27. The van der Waals surface area contributed by atoms with Crippen LogP contribution < -0.4 is 4.90 Å². The van der Waals surface area contributed by atoms with E-state index < -0.39 is 0 Å². The smallest absolute Gasteiger partial charge is 0.186 e. The lowest BCUT2D eigenvalue weighted by atomic mass is 10.2. The van der Waals surface area contributed by atoms with Crippen LogP contribution in [0.3, 0.4) is 0 Å². The molecule has 3 rings (SSSR count). The molecule has 0 saturated heterocycles. The number of hydrogen-bond donors (Lipinski definition) is 1. The van der Waals surface area contributed by atoms with E-state index in [1.54, 1.807) is 11.3 Å². The molecule has 0 unspecified atom stereocenters. The first-order valence-electron chi connectivity index (χ1n) is 6.61. The Bertz CT molecular complexity index is 486. The van der Waals surface area contributed by atoms with Gasteiger partial charge in [-0.05, 0) is 25.0 Å². The second-order valence-electron chi connectivity index (χ2n) is 4.82. The number of thiazole rings is 1. The van der Waals surface area contributed by atoms with Crippen molar-refractivity contribution >= 4 is 26.7 Å². The zero-order valence-electron chi connectivity index (χ0n) is 10.4. The molecule has 18 heavy (non-hydrogen) atoms. The van der Waals surface area contributed by atoms with Gasteiger partial charge in [-0.3, -0.25) is 0 Å². The first-order valence-corrected chi connectivity index (χ1v) is 7.43. The van der Waals surface area contributed by atoms with Crippen LogP contribution in [0.4, 0.5) is 5.13 Å². The second kappa shape index (κ2) is 5.24. The van der Waals surface area contributed by atoms with Crippen LogP contribution in [0.1, 0.15) is 25.7 Å². The first-order chi connectivity index (χ1) is 8.88. The third kappa shape index (κ3) is 2.22. The monoisotopic (exact) mass is 262 g/mol. The number of rotatable bonds is 4. The lowest BCUT2D eigenvalue weighted by Gasteiger charge is -2.27. The van der Waals surface area contributed by atoms with Crippen LogP contribution in [0.5, 0.6) is 0 Å². The Morgan fingerprint density at radius 3 is 2.78 bits per heavy atom. The van der Waals surface area contributed by atoms with Gasteiger partial charge in [0.15, 0.2) is 5.13 Å². The zero-order chi connectivity index (χ0) is 12.4. The van der Waals surface area contributed by atoms with Crippen molar-refractivity contribution in [2.24, 2.45) is 0 Å². The molecule has 0 atom stereocenters. The molecule has 1 aliphatic rings. The van der Waals surface area contributed by atoms with Crippen molar-refractivity contribution in [1.29, 1.82) is 0 Å². The van der Waals surface area contributed by atoms with E-state index >= 15 is 0 Å². The first kappa shape index (κ1) is 11.9. The molecule has 96 valence electrons. The number of anilines is 1. The van der Waals surface area contributed by atoms with Gasteiger partial charge in [0, 0.05) is 12.6 Å². The van der Waals surface area contributed by atoms with Gasteiger partial charge in [0.05, 0.1) is 16.8 Å². The van der Waals surface area contributed by atoms with Crippen molar-refractivity contribution in [3.8, 4) is 0 Å². The van der Waals surface area contributed by atoms with Gasteiger partial charge in [0.1, 0.15) is 0 Å². The maximum Gasteiger partial charge on any atom is 0.186 e. The molecular weight excluding hydrogens is 244 g/mol. The summed E-state index contributed by atoms with van der Waals surface area (Å²) in [6.45, 7) is 0.900. The molecule has 0 amide bonds. The molecule has 1 N–H and O–H groups in total. The average Bonchev–Trinajstić information content (AvgIpc) is 3.04. The summed E-state index contributed by atoms with van der Waals surface area (Å²) in [4.78, 5) is 7.01. The van der Waals surface area contributed by atoms with Crippen LogP contribution >= 0.6 is 11.3 Å². The Hall–Kier alpha value is -1.13. The highest BCUT2D eigenvalue weighted by molar-refractivity contribution is 7.22. The van der Waals surface area contributed by atoms with Crippen molar-refractivity contribution in [2.75, 3.05) is 18.1 Å².